The van der Waals surface area contributed by atoms with E-state index < -0.39 is 17.4 Å². The first kappa shape index (κ1) is 19.5. The summed E-state index contributed by atoms with van der Waals surface area (Å²) in [5, 5.41) is 12.2. The number of esters is 1. The van der Waals surface area contributed by atoms with Crippen molar-refractivity contribution in [3.05, 3.63) is 50.9 Å². The molecule has 0 saturated carbocycles. The second-order valence-corrected chi connectivity index (χ2v) is 6.33. The van der Waals surface area contributed by atoms with Crippen LogP contribution in [0.3, 0.4) is 0 Å². The molecular formula is C16H13ClN4O4S. The molecule has 0 saturated heterocycles. The first-order valence-electron chi connectivity index (χ1n) is 7.20. The molecule has 134 valence electrons. The zero-order chi connectivity index (χ0) is 19.1. The molecule has 0 spiro atoms. The van der Waals surface area contributed by atoms with Crippen molar-refractivity contribution in [3.8, 4) is 6.07 Å². The second kappa shape index (κ2) is 9.03. The van der Waals surface area contributed by atoms with E-state index in [-0.39, 0.29) is 28.6 Å². The fourth-order valence-corrected chi connectivity index (χ4v) is 2.77. The van der Waals surface area contributed by atoms with Gasteiger partial charge in [0.15, 0.2) is 5.16 Å². The molecule has 0 aliphatic carbocycles. The molecule has 1 aromatic heterocycles. The molecule has 0 bridgehead atoms. The summed E-state index contributed by atoms with van der Waals surface area (Å²) in [6.07, 6.45) is -0.145. The van der Waals surface area contributed by atoms with Crippen LogP contribution in [-0.4, -0.2) is 34.7 Å². The predicted octanol–water partition coefficient (Wildman–Crippen LogP) is 1.74. The van der Waals surface area contributed by atoms with Crippen molar-refractivity contribution in [2.75, 3.05) is 18.2 Å². The standard InChI is InChI=1S/C16H13ClN4O4S/c1-25-15(24)6-11-5-13(22)21-16(19-11)26-8-14(23)20-12-4-10(17)3-2-9(12)7-18/h2-5H,6,8H2,1H3,(H,20,23)(H,19,21,22). The van der Waals surface area contributed by atoms with Crippen LogP contribution in [0.2, 0.25) is 5.02 Å². The van der Waals surface area contributed by atoms with Gasteiger partial charge < -0.3 is 15.0 Å². The predicted molar refractivity (Wildman–Crippen MR) is 96.1 cm³/mol. The van der Waals surface area contributed by atoms with E-state index in [2.05, 4.69) is 20.0 Å². The minimum Gasteiger partial charge on any atom is -0.469 e. The van der Waals surface area contributed by atoms with Crippen molar-refractivity contribution in [1.29, 1.82) is 5.26 Å². The number of rotatable bonds is 6. The van der Waals surface area contributed by atoms with Gasteiger partial charge in [0.2, 0.25) is 5.91 Å². The molecule has 0 atom stereocenters. The summed E-state index contributed by atoms with van der Waals surface area (Å²) in [5.41, 5.74) is 0.374. The number of nitrogens with one attached hydrogen (secondary N) is 2. The number of hydrogen-bond donors (Lipinski definition) is 2. The van der Waals surface area contributed by atoms with E-state index in [1.807, 2.05) is 6.07 Å². The Morgan fingerprint density at radius 2 is 2.19 bits per heavy atom. The molecule has 1 amide bonds. The first-order valence-corrected chi connectivity index (χ1v) is 8.57. The second-order valence-electron chi connectivity index (χ2n) is 4.93. The fourth-order valence-electron chi connectivity index (χ4n) is 1.90. The van der Waals surface area contributed by atoms with Crippen molar-refractivity contribution >= 4 is 40.9 Å². The third-order valence-electron chi connectivity index (χ3n) is 3.04. The van der Waals surface area contributed by atoms with Crippen molar-refractivity contribution in [2.45, 2.75) is 11.6 Å². The molecule has 10 heteroatoms. The molecule has 8 nitrogen and oxygen atoms in total. The molecular weight excluding hydrogens is 380 g/mol. The molecule has 26 heavy (non-hydrogen) atoms. The van der Waals surface area contributed by atoms with Gasteiger partial charge in [-0.2, -0.15) is 5.26 Å². The lowest BCUT2D eigenvalue weighted by atomic mass is 10.2. The van der Waals surface area contributed by atoms with Crippen LogP contribution in [0, 0.1) is 11.3 Å². The summed E-state index contributed by atoms with van der Waals surface area (Å²) in [5.74, 6) is -1.00. The largest absolute Gasteiger partial charge is 0.469 e. The molecule has 2 rings (SSSR count). The normalized spacial score (nSPS) is 10.0. The summed E-state index contributed by atoms with van der Waals surface area (Å²) in [6, 6.07) is 7.66. The summed E-state index contributed by atoms with van der Waals surface area (Å²) in [7, 11) is 1.24. The Kier molecular flexibility index (Phi) is 6.77. The lowest BCUT2D eigenvalue weighted by molar-refractivity contribution is -0.139. The molecule has 2 aromatic rings. The Balaban J connectivity index is 2.04. The number of amides is 1. The van der Waals surface area contributed by atoms with Crippen molar-refractivity contribution in [3.63, 3.8) is 0 Å². The van der Waals surface area contributed by atoms with Crippen LogP contribution < -0.4 is 10.9 Å². The maximum Gasteiger partial charge on any atom is 0.311 e. The third-order valence-corrected chi connectivity index (χ3v) is 4.15. The molecule has 0 fully saturated rings. The zero-order valence-corrected chi connectivity index (χ0v) is 15.1. The van der Waals surface area contributed by atoms with Crippen LogP contribution in [0.5, 0.6) is 0 Å². The highest BCUT2D eigenvalue weighted by Crippen LogP contribution is 2.21. The van der Waals surface area contributed by atoms with E-state index in [1.54, 1.807) is 6.07 Å². The number of thioether (sulfide) groups is 1. The lowest BCUT2D eigenvalue weighted by Crippen LogP contribution is -2.17. The van der Waals surface area contributed by atoms with Crippen LogP contribution in [0.1, 0.15) is 11.3 Å². The van der Waals surface area contributed by atoms with Crippen molar-refractivity contribution in [2.24, 2.45) is 0 Å². The van der Waals surface area contributed by atoms with E-state index in [9.17, 15) is 14.4 Å². The van der Waals surface area contributed by atoms with Gasteiger partial charge in [-0.3, -0.25) is 14.4 Å². The quantitative estimate of drug-likeness (QED) is 0.435. The lowest BCUT2D eigenvalue weighted by Gasteiger charge is -2.07. The van der Waals surface area contributed by atoms with E-state index in [0.29, 0.717) is 10.7 Å². The van der Waals surface area contributed by atoms with E-state index in [1.165, 1.54) is 25.3 Å². The van der Waals surface area contributed by atoms with Crippen LogP contribution in [0.15, 0.2) is 34.2 Å². The summed E-state index contributed by atoms with van der Waals surface area (Å²) in [6.45, 7) is 0. The maximum atomic E-state index is 12.1. The Morgan fingerprint density at radius 1 is 1.42 bits per heavy atom. The molecule has 0 aliphatic heterocycles. The molecule has 0 aliphatic rings. The number of hydrogen-bond acceptors (Lipinski definition) is 7. The van der Waals surface area contributed by atoms with Gasteiger partial charge in [0, 0.05) is 11.1 Å². The Labute approximate surface area is 157 Å². The number of ether oxygens (including phenoxy) is 1. The van der Waals surface area contributed by atoms with Gasteiger partial charge >= 0.3 is 5.97 Å². The van der Waals surface area contributed by atoms with Crippen molar-refractivity contribution < 1.29 is 14.3 Å². The van der Waals surface area contributed by atoms with Crippen LogP contribution >= 0.6 is 23.4 Å². The van der Waals surface area contributed by atoms with Gasteiger partial charge in [-0.1, -0.05) is 23.4 Å². The molecule has 0 unspecified atom stereocenters. The average Bonchev–Trinajstić information content (AvgIpc) is 2.59. The Morgan fingerprint density at radius 3 is 2.88 bits per heavy atom. The maximum absolute atomic E-state index is 12.1. The number of anilines is 1. The van der Waals surface area contributed by atoms with E-state index >= 15 is 0 Å². The topological polar surface area (TPSA) is 125 Å². The van der Waals surface area contributed by atoms with Gasteiger partial charge in [0.05, 0.1) is 36.2 Å². The SMILES string of the molecule is COC(=O)Cc1cc(=O)[nH]c(SCC(=O)Nc2cc(Cl)ccc2C#N)n1. The number of carbonyl (C=O) groups excluding carboxylic acids is 2. The molecule has 1 heterocycles. The molecule has 2 N–H and O–H groups in total. The van der Waals surface area contributed by atoms with Gasteiger partial charge in [-0.05, 0) is 18.2 Å². The van der Waals surface area contributed by atoms with Gasteiger partial charge in [0.25, 0.3) is 5.56 Å². The molecule has 0 radical (unpaired) electrons. The average molecular weight is 393 g/mol. The number of aromatic nitrogens is 2. The van der Waals surface area contributed by atoms with Crippen LogP contribution in [-0.2, 0) is 20.7 Å². The summed E-state index contributed by atoms with van der Waals surface area (Å²) >= 11 is 6.85. The fraction of sp³-hybridized carbons (Fsp3) is 0.188. The number of benzene rings is 1. The smallest absolute Gasteiger partial charge is 0.311 e. The summed E-state index contributed by atoms with van der Waals surface area (Å²) < 4.78 is 4.53. The molecule has 1 aromatic carbocycles. The third kappa shape index (κ3) is 5.61. The highest BCUT2D eigenvalue weighted by atomic mass is 35.5. The van der Waals surface area contributed by atoms with Crippen LogP contribution in [0.4, 0.5) is 5.69 Å². The zero-order valence-electron chi connectivity index (χ0n) is 13.5. The number of aromatic amines is 1. The Hall–Kier alpha value is -2.83. The number of carbonyl (C=O) groups is 2. The minimum absolute atomic E-state index is 0.0675. The van der Waals surface area contributed by atoms with Crippen molar-refractivity contribution in [1.82, 2.24) is 9.97 Å². The first-order chi connectivity index (χ1) is 12.4. The van der Waals surface area contributed by atoms with Gasteiger partial charge in [-0.15, -0.1) is 0 Å². The van der Waals surface area contributed by atoms with Gasteiger partial charge in [-0.25, -0.2) is 4.98 Å². The highest BCUT2D eigenvalue weighted by molar-refractivity contribution is 7.99. The Bertz CT molecular complexity index is 939. The number of nitriles is 1. The minimum atomic E-state index is -0.526. The summed E-state index contributed by atoms with van der Waals surface area (Å²) in [4.78, 5) is 41.6. The number of H-pyrrole nitrogens is 1. The van der Waals surface area contributed by atoms with Gasteiger partial charge in [0.1, 0.15) is 6.07 Å². The van der Waals surface area contributed by atoms with E-state index in [4.69, 9.17) is 16.9 Å². The monoisotopic (exact) mass is 392 g/mol. The number of halogens is 1. The van der Waals surface area contributed by atoms with E-state index in [0.717, 1.165) is 11.8 Å². The number of nitrogens with zero attached hydrogens (tertiary/aromatic N) is 2. The highest BCUT2D eigenvalue weighted by Gasteiger charge is 2.11. The van der Waals surface area contributed by atoms with Crippen LogP contribution in [0.25, 0.3) is 0 Å². The number of methoxy groups -OCH3 is 1.